The molecule has 27 heavy (non-hydrogen) atoms. The fraction of sp³-hybridized carbons (Fsp3) is 0.364. The number of aliphatic hydroxyl groups excluding tert-OH is 1. The highest BCUT2D eigenvalue weighted by Crippen LogP contribution is 2.24. The number of aliphatic hydroxyl groups is 1. The van der Waals surface area contributed by atoms with Gasteiger partial charge in [0, 0.05) is 12.5 Å². The maximum absolute atomic E-state index is 12.6. The van der Waals surface area contributed by atoms with Crippen LogP contribution < -0.4 is 5.32 Å². The van der Waals surface area contributed by atoms with Crippen molar-refractivity contribution in [2.75, 3.05) is 6.54 Å². The SMILES string of the molecule is Cc1ccc(-c2ccc3ncn(CC(=O)C[C@H]4NCCC[C@@H]4O)c3c2)cc1. The molecule has 2 aromatic carbocycles. The van der Waals surface area contributed by atoms with Crippen molar-refractivity contribution >= 4 is 16.8 Å². The average molecular weight is 363 g/mol. The number of Topliss-reactive ketones (excluding diaryl/α,β-unsaturated/α-hetero) is 1. The number of hydrogen-bond acceptors (Lipinski definition) is 4. The summed E-state index contributed by atoms with van der Waals surface area (Å²) in [6.07, 6.45) is 3.36. The van der Waals surface area contributed by atoms with Crippen LogP contribution >= 0.6 is 0 Å². The summed E-state index contributed by atoms with van der Waals surface area (Å²) in [7, 11) is 0. The van der Waals surface area contributed by atoms with E-state index in [0.29, 0.717) is 6.42 Å². The van der Waals surface area contributed by atoms with Gasteiger partial charge in [0.15, 0.2) is 5.78 Å². The van der Waals surface area contributed by atoms with Gasteiger partial charge in [0.1, 0.15) is 0 Å². The lowest BCUT2D eigenvalue weighted by Crippen LogP contribution is -2.46. The summed E-state index contributed by atoms with van der Waals surface area (Å²) in [6.45, 7) is 3.22. The summed E-state index contributed by atoms with van der Waals surface area (Å²) in [5.41, 5.74) is 5.33. The molecule has 0 bridgehead atoms. The number of nitrogens with one attached hydrogen (secondary N) is 1. The summed E-state index contributed by atoms with van der Waals surface area (Å²) in [4.78, 5) is 17.0. The van der Waals surface area contributed by atoms with Crippen molar-refractivity contribution in [2.45, 2.75) is 44.9 Å². The highest BCUT2D eigenvalue weighted by atomic mass is 16.3. The Labute approximate surface area is 159 Å². The van der Waals surface area contributed by atoms with E-state index in [1.165, 1.54) is 5.56 Å². The van der Waals surface area contributed by atoms with Gasteiger partial charge in [0.25, 0.3) is 0 Å². The number of nitrogens with zero attached hydrogens (tertiary/aromatic N) is 2. The standard InChI is InChI=1S/C22H25N3O2/c1-15-4-6-16(7-5-15)17-8-9-19-21(11-17)25(14-24-19)13-18(26)12-20-22(27)3-2-10-23-20/h4-9,11,14,20,22-23,27H,2-3,10,12-13H2,1H3/t20-,22+/m1/s1. The fourth-order valence-corrected chi connectivity index (χ4v) is 3.75. The van der Waals surface area contributed by atoms with Gasteiger partial charge in [-0.15, -0.1) is 0 Å². The lowest BCUT2D eigenvalue weighted by atomic mass is 9.97. The van der Waals surface area contributed by atoms with Crippen LogP contribution in [0, 0.1) is 6.92 Å². The number of rotatable bonds is 5. The third-order valence-electron chi connectivity index (χ3n) is 5.35. The molecule has 0 spiro atoms. The molecule has 1 aliphatic heterocycles. The first-order chi connectivity index (χ1) is 13.1. The molecule has 3 aromatic rings. The minimum absolute atomic E-state index is 0.105. The number of aryl methyl sites for hydroxylation is 1. The Kier molecular flexibility index (Phi) is 5.05. The molecule has 1 aromatic heterocycles. The molecule has 0 unspecified atom stereocenters. The van der Waals surface area contributed by atoms with Crippen LogP contribution in [0.2, 0.25) is 0 Å². The van der Waals surface area contributed by atoms with Crippen molar-refractivity contribution in [3.8, 4) is 11.1 Å². The average Bonchev–Trinajstić information content (AvgIpc) is 3.06. The molecule has 0 saturated carbocycles. The van der Waals surface area contributed by atoms with E-state index in [9.17, 15) is 9.90 Å². The molecule has 2 N–H and O–H groups in total. The van der Waals surface area contributed by atoms with Crippen LogP contribution in [0.15, 0.2) is 48.8 Å². The topological polar surface area (TPSA) is 67.2 Å². The number of piperidine rings is 1. The number of carbonyl (C=O) groups excluding carboxylic acids is 1. The molecule has 0 amide bonds. The number of ketones is 1. The third-order valence-corrected chi connectivity index (χ3v) is 5.35. The van der Waals surface area contributed by atoms with Gasteiger partial charge in [0.05, 0.1) is 30.0 Å². The minimum Gasteiger partial charge on any atom is -0.391 e. The van der Waals surface area contributed by atoms with E-state index in [2.05, 4.69) is 53.6 Å². The summed E-state index contributed by atoms with van der Waals surface area (Å²) >= 11 is 0. The quantitative estimate of drug-likeness (QED) is 0.731. The second-order valence-corrected chi connectivity index (χ2v) is 7.45. The maximum Gasteiger partial charge on any atom is 0.154 e. The van der Waals surface area contributed by atoms with E-state index < -0.39 is 6.10 Å². The highest BCUT2D eigenvalue weighted by molar-refractivity contribution is 5.85. The fourth-order valence-electron chi connectivity index (χ4n) is 3.75. The van der Waals surface area contributed by atoms with E-state index in [4.69, 9.17) is 0 Å². The highest BCUT2D eigenvalue weighted by Gasteiger charge is 2.25. The zero-order valence-electron chi connectivity index (χ0n) is 15.6. The van der Waals surface area contributed by atoms with Gasteiger partial charge in [-0.05, 0) is 49.6 Å². The van der Waals surface area contributed by atoms with Crippen molar-refractivity contribution in [1.82, 2.24) is 14.9 Å². The van der Waals surface area contributed by atoms with E-state index in [1.54, 1.807) is 6.33 Å². The van der Waals surface area contributed by atoms with Crippen LogP contribution in [0.5, 0.6) is 0 Å². The molecular formula is C22H25N3O2. The third kappa shape index (κ3) is 3.94. The second-order valence-electron chi connectivity index (χ2n) is 7.45. The smallest absolute Gasteiger partial charge is 0.154 e. The lowest BCUT2D eigenvalue weighted by Gasteiger charge is -2.28. The van der Waals surface area contributed by atoms with E-state index in [0.717, 1.165) is 41.5 Å². The lowest BCUT2D eigenvalue weighted by molar-refractivity contribution is -0.121. The van der Waals surface area contributed by atoms with Crippen molar-refractivity contribution in [1.29, 1.82) is 0 Å². The Balaban J connectivity index is 1.54. The summed E-state index contributed by atoms with van der Waals surface area (Å²) < 4.78 is 1.91. The molecular weight excluding hydrogens is 338 g/mol. The number of aromatic nitrogens is 2. The molecule has 0 aliphatic carbocycles. The Hall–Kier alpha value is -2.50. The van der Waals surface area contributed by atoms with Gasteiger partial charge in [-0.2, -0.15) is 0 Å². The first-order valence-electron chi connectivity index (χ1n) is 9.55. The molecule has 1 fully saturated rings. The van der Waals surface area contributed by atoms with E-state index in [1.807, 2.05) is 10.6 Å². The van der Waals surface area contributed by atoms with Gasteiger partial charge < -0.3 is 15.0 Å². The van der Waals surface area contributed by atoms with Crippen molar-refractivity contribution in [3.63, 3.8) is 0 Å². The van der Waals surface area contributed by atoms with Crippen molar-refractivity contribution < 1.29 is 9.90 Å². The Morgan fingerprint density at radius 2 is 2.00 bits per heavy atom. The first-order valence-corrected chi connectivity index (χ1v) is 9.55. The monoisotopic (exact) mass is 363 g/mol. The maximum atomic E-state index is 12.6. The molecule has 5 nitrogen and oxygen atoms in total. The van der Waals surface area contributed by atoms with Crippen LogP contribution in [-0.4, -0.2) is 39.1 Å². The second kappa shape index (κ2) is 7.62. The number of imidazole rings is 1. The zero-order valence-corrected chi connectivity index (χ0v) is 15.6. The zero-order chi connectivity index (χ0) is 18.8. The Morgan fingerprint density at radius 3 is 2.78 bits per heavy atom. The van der Waals surface area contributed by atoms with Crippen molar-refractivity contribution in [3.05, 3.63) is 54.4 Å². The molecule has 2 heterocycles. The predicted molar refractivity (Wildman–Crippen MR) is 107 cm³/mol. The minimum atomic E-state index is -0.435. The largest absolute Gasteiger partial charge is 0.391 e. The number of benzene rings is 2. The summed E-state index contributed by atoms with van der Waals surface area (Å²) in [5, 5.41) is 13.3. The molecule has 1 saturated heterocycles. The molecule has 140 valence electrons. The van der Waals surface area contributed by atoms with Crippen LogP contribution in [-0.2, 0) is 11.3 Å². The number of fused-ring (bicyclic) bond motifs is 1. The van der Waals surface area contributed by atoms with Crippen LogP contribution in [0.4, 0.5) is 0 Å². The van der Waals surface area contributed by atoms with Crippen molar-refractivity contribution in [2.24, 2.45) is 0 Å². The molecule has 0 radical (unpaired) electrons. The first kappa shape index (κ1) is 17.9. The Bertz CT molecular complexity index is 946. The molecule has 4 rings (SSSR count). The molecule has 2 atom stereocenters. The van der Waals surface area contributed by atoms with Gasteiger partial charge in [0.2, 0.25) is 0 Å². The van der Waals surface area contributed by atoms with Gasteiger partial charge in [-0.1, -0.05) is 35.9 Å². The van der Waals surface area contributed by atoms with Gasteiger partial charge >= 0.3 is 0 Å². The number of carbonyl (C=O) groups is 1. The summed E-state index contributed by atoms with van der Waals surface area (Å²) in [5.74, 6) is 0.105. The van der Waals surface area contributed by atoms with Crippen LogP contribution in [0.3, 0.4) is 0 Å². The Morgan fingerprint density at radius 1 is 1.22 bits per heavy atom. The molecule has 5 heteroatoms. The predicted octanol–water partition coefficient (Wildman–Crippen LogP) is 3.08. The van der Waals surface area contributed by atoms with E-state index in [-0.39, 0.29) is 18.4 Å². The normalized spacial score (nSPS) is 20.1. The van der Waals surface area contributed by atoms with E-state index >= 15 is 0 Å². The van der Waals surface area contributed by atoms with Gasteiger partial charge in [-0.3, -0.25) is 4.79 Å². The molecule has 1 aliphatic rings. The van der Waals surface area contributed by atoms with Crippen LogP contribution in [0.25, 0.3) is 22.2 Å². The van der Waals surface area contributed by atoms with Gasteiger partial charge in [-0.25, -0.2) is 4.98 Å². The summed E-state index contributed by atoms with van der Waals surface area (Å²) in [6, 6.07) is 14.4. The number of hydrogen-bond donors (Lipinski definition) is 2. The van der Waals surface area contributed by atoms with Crippen LogP contribution in [0.1, 0.15) is 24.8 Å².